The molecule has 0 bridgehead atoms. The van der Waals surface area contributed by atoms with E-state index in [1.807, 2.05) is 21.1 Å². The molecule has 1 aliphatic rings. The fourth-order valence-corrected chi connectivity index (χ4v) is 2.49. The highest BCUT2D eigenvalue weighted by Crippen LogP contribution is 2.35. The van der Waals surface area contributed by atoms with E-state index in [4.69, 9.17) is 11.5 Å². The van der Waals surface area contributed by atoms with Crippen LogP contribution in [0.3, 0.4) is 0 Å². The highest BCUT2D eigenvalue weighted by molar-refractivity contribution is 5.12. The molecule has 0 aromatic carbocycles. The maximum Gasteiger partial charge on any atom is 0.0719 e. The number of nitrogens with one attached hydrogen (secondary N) is 3. The van der Waals surface area contributed by atoms with Crippen molar-refractivity contribution in [2.24, 2.45) is 11.5 Å². The van der Waals surface area contributed by atoms with Gasteiger partial charge in [-0.15, -0.1) is 0 Å². The van der Waals surface area contributed by atoms with Gasteiger partial charge in [-0.1, -0.05) is 0 Å². The summed E-state index contributed by atoms with van der Waals surface area (Å²) < 4.78 is 0. The second-order valence-corrected chi connectivity index (χ2v) is 4.51. The number of nitrogens with two attached hydrogens (primary N) is 2. The van der Waals surface area contributed by atoms with Gasteiger partial charge < -0.3 is 27.4 Å². The average molecular weight is 214 g/mol. The Bertz CT molecular complexity index is 178. The fraction of sp³-hybridized carbons (Fsp3) is 0.900. The Morgan fingerprint density at radius 1 is 1.13 bits per heavy atom. The smallest absolute Gasteiger partial charge is 0.0719 e. The summed E-state index contributed by atoms with van der Waals surface area (Å²) in [6.45, 7) is 0.593. The van der Waals surface area contributed by atoms with Crippen LogP contribution in [0.4, 0.5) is 0 Å². The van der Waals surface area contributed by atoms with Crippen LogP contribution in [0.5, 0.6) is 0 Å². The summed E-state index contributed by atoms with van der Waals surface area (Å²) >= 11 is 0. The van der Waals surface area contributed by atoms with Crippen molar-refractivity contribution in [3.8, 4) is 0 Å². The van der Waals surface area contributed by atoms with E-state index in [0.717, 1.165) is 25.3 Å². The van der Waals surface area contributed by atoms with Crippen LogP contribution in [0.25, 0.3) is 0 Å². The molecule has 1 atom stereocenters. The topological polar surface area (TPSA) is 88.1 Å². The van der Waals surface area contributed by atoms with Crippen LogP contribution in [0.2, 0.25) is 0 Å². The maximum atomic E-state index is 6.03. The Labute approximate surface area is 92.3 Å². The molecule has 0 aromatic rings. The zero-order valence-corrected chi connectivity index (χ0v) is 9.98. The van der Waals surface area contributed by atoms with E-state index in [1.54, 1.807) is 0 Å². The first-order valence-electron chi connectivity index (χ1n) is 5.42. The molecule has 7 N–H and O–H groups in total. The van der Waals surface area contributed by atoms with Crippen LogP contribution in [-0.4, -0.2) is 38.9 Å². The number of rotatable bonds is 4. The highest BCUT2D eigenvalue weighted by Gasteiger charge is 2.45. The summed E-state index contributed by atoms with van der Waals surface area (Å²) in [5, 5.41) is 9.94. The number of hydrogen-bond acceptors (Lipinski definition) is 5. The van der Waals surface area contributed by atoms with Crippen LogP contribution in [0, 0.1) is 6.04 Å². The summed E-state index contributed by atoms with van der Waals surface area (Å²) in [5.41, 5.74) is 11.7. The zero-order valence-electron chi connectivity index (χ0n) is 9.98. The van der Waals surface area contributed by atoms with Crippen molar-refractivity contribution in [3.05, 3.63) is 6.04 Å². The van der Waals surface area contributed by atoms with Gasteiger partial charge in [-0.2, -0.15) is 0 Å². The quantitative estimate of drug-likeness (QED) is 0.376. The van der Waals surface area contributed by atoms with Gasteiger partial charge in [0.1, 0.15) is 0 Å². The van der Waals surface area contributed by atoms with Gasteiger partial charge in [-0.05, 0) is 40.4 Å². The van der Waals surface area contributed by atoms with Crippen LogP contribution in [0.15, 0.2) is 0 Å². The zero-order chi connectivity index (χ0) is 11.5. The van der Waals surface area contributed by atoms with Crippen molar-refractivity contribution in [2.75, 3.05) is 27.7 Å². The van der Waals surface area contributed by atoms with Gasteiger partial charge in [0.2, 0.25) is 0 Å². The molecule has 0 heterocycles. The molecule has 1 radical (unpaired) electrons. The van der Waals surface area contributed by atoms with Gasteiger partial charge in [0, 0.05) is 18.1 Å². The molecule has 1 rings (SSSR count). The van der Waals surface area contributed by atoms with Gasteiger partial charge in [0.05, 0.1) is 5.66 Å². The molecule has 0 aromatic heterocycles. The van der Waals surface area contributed by atoms with Crippen molar-refractivity contribution in [1.29, 1.82) is 0 Å². The Morgan fingerprint density at radius 2 is 1.73 bits per heavy atom. The molecule has 1 unspecified atom stereocenters. The third kappa shape index (κ3) is 2.49. The molecule has 5 heteroatoms. The van der Waals surface area contributed by atoms with Crippen molar-refractivity contribution in [2.45, 2.75) is 30.5 Å². The second-order valence-electron chi connectivity index (χ2n) is 4.51. The summed E-state index contributed by atoms with van der Waals surface area (Å²) in [4.78, 5) is 0. The van der Waals surface area contributed by atoms with Crippen LogP contribution >= 0.6 is 0 Å². The predicted molar refractivity (Wildman–Crippen MR) is 63.0 cm³/mol. The van der Waals surface area contributed by atoms with Crippen LogP contribution in [-0.2, 0) is 0 Å². The first kappa shape index (κ1) is 12.9. The van der Waals surface area contributed by atoms with Crippen LogP contribution in [0.1, 0.15) is 19.3 Å². The van der Waals surface area contributed by atoms with Crippen molar-refractivity contribution < 1.29 is 0 Å². The van der Waals surface area contributed by atoms with Gasteiger partial charge in [0.25, 0.3) is 0 Å². The lowest BCUT2D eigenvalue weighted by molar-refractivity contribution is 0.132. The maximum absolute atomic E-state index is 6.03. The molecular formula is C10H24N5. The second kappa shape index (κ2) is 4.76. The van der Waals surface area contributed by atoms with Crippen molar-refractivity contribution in [3.63, 3.8) is 0 Å². The minimum absolute atomic E-state index is 0.0889. The molecule has 0 spiro atoms. The van der Waals surface area contributed by atoms with Crippen molar-refractivity contribution in [1.82, 2.24) is 16.0 Å². The van der Waals surface area contributed by atoms with E-state index < -0.39 is 0 Å². The lowest BCUT2D eigenvalue weighted by atomic mass is 9.73. The van der Waals surface area contributed by atoms with Gasteiger partial charge >= 0.3 is 0 Å². The Hall–Kier alpha value is -0.200. The lowest BCUT2D eigenvalue weighted by Gasteiger charge is -2.49. The van der Waals surface area contributed by atoms with E-state index in [1.165, 1.54) is 0 Å². The molecule has 1 saturated carbocycles. The Balaban J connectivity index is 2.87. The van der Waals surface area contributed by atoms with E-state index in [0.29, 0.717) is 6.54 Å². The summed E-state index contributed by atoms with van der Waals surface area (Å²) in [5.74, 6) is 0. The third-order valence-electron chi connectivity index (χ3n) is 3.61. The summed E-state index contributed by atoms with van der Waals surface area (Å²) in [6.07, 6.45) is 2.63. The minimum atomic E-state index is -0.134. The Kier molecular flexibility index (Phi) is 4.08. The molecule has 0 amide bonds. The van der Waals surface area contributed by atoms with Gasteiger partial charge in [-0.3, -0.25) is 0 Å². The molecule has 15 heavy (non-hydrogen) atoms. The summed E-state index contributed by atoms with van der Waals surface area (Å²) in [6, 6.07) is 0.991. The highest BCUT2D eigenvalue weighted by atomic mass is 15.2. The van der Waals surface area contributed by atoms with Gasteiger partial charge in [0.15, 0.2) is 0 Å². The molecular weight excluding hydrogens is 190 g/mol. The third-order valence-corrected chi connectivity index (χ3v) is 3.61. The molecule has 0 saturated heterocycles. The van der Waals surface area contributed by atoms with E-state index >= 15 is 0 Å². The standard InChI is InChI=1S/C10H24N5/c1-13-9(7-11)4-8(12)5-10(6-9,14-2)15-3/h13-15H,4-7,11-12H2,1-3H3. The molecule has 1 aliphatic carbocycles. The van der Waals surface area contributed by atoms with Crippen molar-refractivity contribution >= 4 is 0 Å². The van der Waals surface area contributed by atoms with Gasteiger partial charge in [-0.25, -0.2) is 0 Å². The first-order valence-corrected chi connectivity index (χ1v) is 5.42. The van der Waals surface area contributed by atoms with E-state index in [-0.39, 0.29) is 11.2 Å². The lowest BCUT2D eigenvalue weighted by Crippen LogP contribution is -2.67. The first-order chi connectivity index (χ1) is 7.05. The number of likely N-dealkylation sites (N-methyl/N-ethyl adjacent to an activating group) is 1. The van der Waals surface area contributed by atoms with E-state index in [2.05, 4.69) is 16.0 Å². The fourth-order valence-electron chi connectivity index (χ4n) is 2.49. The van der Waals surface area contributed by atoms with E-state index in [9.17, 15) is 0 Å². The minimum Gasteiger partial charge on any atom is -0.329 e. The summed E-state index contributed by atoms with van der Waals surface area (Å²) in [7, 11) is 5.85. The molecule has 5 nitrogen and oxygen atoms in total. The SMILES string of the molecule is CNC1(CN)C[C](N)CC(NC)(NC)C1. The molecule has 0 aliphatic heterocycles. The molecule has 1 fully saturated rings. The van der Waals surface area contributed by atoms with Crippen LogP contribution < -0.4 is 27.4 Å². The largest absolute Gasteiger partial charge is 0.329 e. The monoisotopic (exact) mass is 214 g/mol. The predicted octanol–water partition coefficient (Wildman–Crippen LogP) is -1.29. The number of hydrogen-bond donors (Lipinski definition) is 5. The Morgan fingerprint density at radius 3 is 2.13 bits per heavy atom. The average Bonchev–Trinajstić information content (AvgIpc) is 2.28. The molecule has 89 valence electrons. The normalized spacial score (nSPS) is 31.8.